The smallest absolute Gasteiger partial charge is 0.251 e. The number of hydrogen-bond acceptors (Lipinski definition) is 4. The Morgan fingerprint density at radius 2 is 2.11 bits per heavy atom. The summed E-state index contributed by atoms with van der Waals surface area (Å²) >= 11 is 0. The molecule has 0 saturated heterocycles. The van der Waals surface area contributed by atoms with E-state index in [1.165, 1.54) is 0 Å². The Labute approximate surface area is 163 Å². The normalized spacial score (nSPS) is 17.6. The highest BCUT2D eigenvalue weighted by Gasteiger charge is 2.25. The van der Waals surface area contributed by atoms with Crippen LogP contribution >= 0.6 is 0 Å². The number of methoxy groups -OCH3 is 2. The van der Waals surface area contributed by atoms with Crippen molar-refractivity contribution in [3.05, 3.63) is 58.9 Å². The number of carbonyl (C=O) groups is 1. The second kappa shape index (κ2) is 10.3. The molecule has 0 heterocycles. The topological polar surface area (TPSA) is 50.8 Å². The van der Waals surface area contributed by atoms with Gasteiger partial charge in [0.25, 0.3) is 5.91 Å². The van der Waals surface area contributed by atoms with E-state index in [0.29, 0.717) is 19.1 Å². The van der Waals surface area contributed by atoms with Gasteiger partial charge >= 0.3 is 0 Å². The third-order valence-corrected chi connectivity index (χ3v) is 5.36. The average molecular weight is 373 g/mol. The Balaban J connectivity index is 2.07. The Bertz CT molecular complexity index is 697. The zero-order valence-corrected chi connectivity index (χ0v) is 17.1. The minimum atomic E-state index is -0.0192. The molecule has 0 saturated carbocycles. The lowest BCUT2D eigenvalue weighted by Gasteiger charge is -2.34. The Hall–Kier alpha value is -2.11. The lowest BCUT2D eigenvalue weighted by molar-refractivity contribution is 0.0907. The first kappa shape index (κ1) is 21.2. The molecule has 0 spiro atoms. The van der Waals surface area contributed by atoms with Crippen molar-refractivity contribution in [2.75, 3.05) is 41.0 Å². The SMILES string of the molecule is COCCN(C)C(CNC(=O)c1cccc(C)c1C)C1C=CC(OC)=CC1. The molecule has 0 aromatic heterocycles. The predicted octanol–water partition coefficient (Wildman–Crippen LogP) is 3.09. The van der Waals surface area contributed by atoms with Gasteiger partial charge in [-0.15, -0.1) is 0 Å². The number of likely N-dealkylation sites (N-methyl/N-ethyl adjacent to an activating group) is 1. The van der Waals surface area contributed by atoms with Crippen LogP contribution in [0.5, 0.6) is 0 Å². The summed E-state index contributed by atoms with van der Waals surface area (Å²) in [5, 5.41) is 3.14. The second-order valence-electron chi connectivity index (χ2n) is 7.07. The summed E-state index contributed by atoms with van der Waals surface area (Å²) in [6.07, 6.45) is 7.18. The summed E-state index contributed by atoms with van der Waals surface area (Å²) in [6.45, 7) is 6.07. The maximum atomic E-state index is 12.7. The van der Waals surface area contributed by atoms with Crippen LogP contribution in [-0.2, 0) is 9.47 Å². The average Bonchev–Trinajstić information content (AvgIpc) is 2.68. The van der Waals surface area contributed by atoms with E-state index in [2.05, 4.69) is 29.4 Å². The highest BCUT2D eigenvalue weighted by Crippen LogP contribution is 2.23. The highest BCUT2D eigenvalue weighted by molar-refractivity contribution is 5.95. The van der Waals surface area contributed by atoms with E-state index in [1.807, 2.05) is 38.1 Å². The van der Waals surface area contributed by atoms with Crippen molar-refractivity contribution in [2.45, 2.75) is 26.3 Å². The summed E-state index contributed by atoms with van der Waals surface area (Å²) in [5.74, 6) is 1.18. The fraction of sp³-hybridized carbons (Fsp3) is 0.500. The second-order valence-corrected chi connectivity index (χ2v) is 7.07. The molecule has 2 rings (SSSR count). The van der Waals surface area contributed by atoms with Gasteiger partial charge < -0.3 is 14.8 Å². The molecule has 148 valence electrons. The number of amides is 1. The fourth-order valence-corrected chi connectivity index (χ4v) is 3.38. The van der Waals surface area contributed by atoms with E-state index in [0.717, 1.165) is 35.4 Å². The van der Waals surface area contributed by atoms with Crippen LogP contribution in [0.2, 0.25) is 0 Å². The van der Waals surface area contributed by atoms with Crippen molar-refractivity contribution in [3.8, 4) is 0 Å². The molecule has 5 heteroatoms. The molecular formula is C22H32N2O3. The number of carbonyl (C=O) groups excluding carboxylic acids is 1. The van der Waals surface area contributed by atoms with Crippen LogP contribution in [0.15, 0.2) is 42.2 Å². The molecule has 1 aromatic carbocycles. The molecule has 1 aliphatic rings. The van der Waals surface area contributed by atoms with Gasteiger partial charge in [-0.25, -0.2) is 0 Å². The van der Waals surface area contributed by atoms with Gasteiger partial charge in [-0.3, -0.25) is 9.69 Å². The van der Waals surface area contributed by atoms with Gasteiger partial charge in [0.2, 0.25) is 0 Å². The molecule has 0 bridgehead atoms. The van der Waals surface area contributed by atoms with E-state index in [4.69, 9.17) is 9.47 Å². The molecule has 0 fully saturated rings. The van der Waals surface area contributed by atoms with Gasteiger partial charge in [0, 0.05) is 31.8 Å². The van der Waals surface area contributed by atoms with Gasteiger partial charge in [-0.05, 0) is 62.6 Å². The van der Waals surface area contributed by atoms with Gasteiger partial charge in [0.1, 0.15) is 5.76 Å². The zero-order valence-electron chi connectivity index (χ0n) is 17.1. The number of aryl methyl sites for hydroxylation is 1. The van der Waals surface area contributed by atoms with Crippen LogP contribution in [0.25, 0.3) is 0 Å². The summed E-state index contributed by atoms with van der Waals surface area (Å²) in [4.78, 5) is 15.0. The summed E-state index contributed by atoms with van der Waals surface area (Å²) in [7, 11) is 5.47. The molecule has 2 unspecified atom stereocenters. The molecule has 27 heavy (non-hydrogen) atoms. The molecule has 1 N–H and O–H groups in total. The minimum Gasteiger partial charge on any atom is -0.497 e. The third-order valence-electron chi connectivity index (χ3n) is 5.36. The molecule has 5 nitrogen and oxygen atoms in total. The van der Waals surface area contributed by atoms with Crippen LogP contribution < -0.4 is 5.32 Å². The molecule has 1 amide bonds. The molecule has 1 aromatic rings. The molecule has 1 aliphatic carbocycles. The summed E-state index contributed by atoms with van der Waals surface area (Å²) in [6, 6.07) is 6.02. The number of allylic oxidation sites excluding steroid dienone is 2. The number of ether oxygens (including phenoxy) is 2. The first-order chi connectivity index (χ1) is 13.0. The molecule has 0 aliphatic heterocycles. The Morgan fingerprint density at radius 3 is 2.74 bits per heavy atom. The van der Waals surface area contributed by atoms with E-state index < -0.39 is 0 Å². The van der Waals surface area contributed by atoms with E-state index in [-0.39, 0.29) is 11.9 Å². The zero-order chi connectivity index (χ0) is 19.8. The molecule has 2 atom stereocenters. The van der Waals surface area contributed by atoms with Crippen LogP contribution in [0, 0.1) is 19.8 Å². The number of hydrogen-bond donors (Lipinski definition) is 1. The molecular weight excluding hydrogens is 340 g/mol. The summed E-state index contributed by atoms with van der Waals surface area (Å²) < 4.78 is 10.5. The van der Waals surface area contributed by atoms with Crippen molar-refractivity contribution in [2.24, 2.45) is 5.92 Å². The lowest BCUT2D eigenvalue weighted by Crippen LogP contribution is -2.47. The van der Waals surface area contributed by atoms with Crippen molar-refractivity contribution in [3.63, 3.8) is 0 Å². The van der Waals surface area contributed by atoms with Crippen molar-refractivity contribution >= 4 is 5.91 Å². The summed E-state index contributed by atoms with van der Waals surface area (Å²) in [5.41, 5.74) is 2.91. The van der Waals surface area contributed by atoms with Crippen molar-refractivity contribution in [1.82, 2.24) is 10.2 Å². The van der Waals surface area contributed by atoms with E-state index in [1.54, 1.807) is 14.2 Å². The Morgan fingerprint density at radius 1 is 1.33 bits per heavy atom. The predicted molar refractivity (Wildman–Crippen MR) is 109 cm³/mol. The quantitative estimate of drug-likeness (QED) is 0.724. The number of benzene rings is 1. The minimum absolute atomic E-state index is 0.0192. The highest BCUT2D eigenvalue weighted by atomic mass is 16.5. The fourth-order valence-electron chi connectivity index (χ4n) is 3.38. The lowest BCUT2D eigenvalue weighted by atomic mass is 9.91. The van der Waals surface area contributed by atoms with Gasteiger partial charge in [-0.1, -0.05) is 18.2 Å². The van der Waals surface area contributed by atoms with Crippen molar-refractivity contribution < 1.29 is 14.3 Å². The number of nitrogens with one attached hydrogen (secondary N) is 1. The monoisotopic (exact) mass is 372 g/mol. The maximum absolute atomic E-state index is 12.7. The third kappa shape index (κ3) is 5.68. The first-order valence-electron chi connectivity index (χ1n) is 9.43. The van der Waals surface area contributed by atoms with Crippen LogP contribution in [0.1, 0.15) is 27.9 Å². The van der Waals surface area contributed by atoms with Gasteiger partial charge in [0.15, 0.2) is 0 Å². The number of nitrogens with zero attached hydrogens (tertiary/aromatic N) is 1. The van der Waals surface area contributed by atoms with Crippen LogP contribution in [0.4, 0.5) is 0 Å². The van der Waals surface area contributed by atoms with E-state index >= 15 is 0 Å². The molecule has 0 radical (unpaired) electrons. The number of rotatable bonds is 9. The van der Waals surface area contributed by atoms with Gasteiger partial charge in [0.05, 0.1) is 13.7 Å². The van der Waals surface area contributed by atoms with Gasteiger partial charge in [-0.2, -0.15) is 0 Å². The van der Waals surface area contributed by atoms with Crippen LogP contribution in [0.3, 0.4) is 0 Å². The Kier molecular flexibility index (Phi) is 8.07. The largest absolute Gasteiger partial charge is 0.497 e. The maximum Gasteiger partial charge on any atom is 0.251 e. The standard InChI is InChI=1S/C22H32N2O3/c1-16-7-6-8-20(17(16)2)22(25)23-15-21(24(3)13-14-26-4)18-9-11-19(27-5)12-10-18/h6-9,11-12,18,21H,10,13-15H2,1-5H3,(H,23,25). The van der Waals surface area contributed by atoms with E-state index in [9.17, 15) is 4.79 Å². The van der Waals surface area contributed by atoms with Crippen molar-refractivity contribution in [1.29, 1.82) is 0 Å². The first-order valence-corrected chi connectivity index (χ1v) is 9.43. The van der Waals surface area contributed by atoms with Crippen LogP contribution in [-0.4, -0.2) is 57.8 Å².